The van der Waals surface area contributed by atoms with E-state index in [4.69, 9.17) is 20.0 Å². The van der Waals surface area contributed by atoms with Crippen molar-refractivity contribution in [3.8, 4) is 11.5 Å². The van der Waals surface area contributed by atoms with Crippen LogP contribution in [0.25, 0.3) is 0 Å². The molecule has 2 aromatic carbocycles. The number of amides is 2. The standard InChI is InChI=1S/C23H26BrN3O6/c1-31-20-12-16(7-8-19(20)28)11-18(25)22(29)27(10-9-17-13-21(24)26-33-17)23(30)32-14-15-5-3-2-4-6-15/h2-8,12,17-18,28H,9-11,13-14,25H2,1H3/t17?,18-/m0/s1. The van der Waals surface area contributed by atoms with Gasteiger partial charge in [0.05, 0.1) is 13.2 Å². The molecule has 1 unspecified atom stereocenters. The predicted octanol–water partition coefficient (Wildman–Crippen LogP) is 3.32. The Kier molecular flexibility index (Phi) is 8.67. The first-order chi connectivity index (χ1) is 15.9. The fourth-order valence-electron chi connectivity index (χ4n) is 3.30. The Morgan fingerprint density at radius 2 is 2.03 bits per heavy atom. The lowest BCUT2D eigenvalue weighted by Crippen LogP contribution is -2.48. The number of ether oxygens (including phenoxy) is 2. The Hall–Kier alpha value is -3.11. The molecule has 0 saturated carbocycles. The number of imide groups is 1. The minimum Gasteiger partial charge on any atom is -0.504 e. The van der Waals surface area contributed by atoms with Crippen molar-refractivity contribution in [3.63, 3.8) is 0 Å². The molecule has 2 amide bonds. The number of hydrogen-bond donors (Lipinski definition) is 2. The first-order valence-electron chi connectivity index (χ1n) is 10.4. The summed E-state index contributed by atoms with van der Waals surface area (Å²) >= 11 is 3.28. The summed E-state index contributed by atoms with van der Waals surface area (Å²) in [5.74, 6) is -0.314. The van der Waals surface area contributed by atoms with Crippen LogP contribution in [0.1, 0.15) is 24.0 Å². The summed E-state index contributed by atoms with van der Waals surface area (Å²) in [6.07, 6.45) is 0.0482. The molecule has 0 aliphatic carbocycles. The number of nitrogens with zero attached hydrogens (tertiary/aromatic N) is 2. The van der Waals surface area contributed by atoms with E-state index in [0.717, 1.165) is 10.5 Å². The van der Waals surface area contributed by atoms with Crippen molar-refractivity contribution in [3.05, 3.63) is 59.7 Å². The van der Waals surface area contributed by atoms with Gasteiger partial charge in [-0.2, -0.15) is 0 Å². The number of carbonyl (C=O) groups is 2. The molecule has 10 heteroatoms. The van der Waals surface area contributed by atoms with Crippen LogP contribution < -0.4 is 10.5 Å². The first kappa shape index (κ1) is 24.5. The van der Waals surface area contributed by atoms with Gasteiger partial charge in [0.1, 0.15) is 17.3 Å². The number of phenols is 1. The number of oxime groups is 1. The normalized spacial score (nSPS) is 15.8. The van der Waals surface area contributed by atoms with E-state index in [2.05, 4.69) is 21.1 Å². The molecule has 176 valence electrons. The zero-order valence-electron chi connectivity index (χ0n) is 18.1. The minimum atomic E-state index is -1.00. The van der Waals surface area contributed by atoms with Gasteiger partial charge >= 0.3 is 6.09 Å². The lowest BCUT2D eigenvalue weighted by Gasteiger charge is -2.24. The maximum atomic E-state index is 13.1. The Balaban J connectivity index is 1.67. The first-order valence-corrected chi connectivity index (χ1v) is 11.2. The number of phenolic OH excluding ortho intramolecular Hbond substituents is 1. The summed E-state index contributed by atoms with van der Waals surface area (Å²) in [6, 6.07) is 12.9. The van der Waals surface area contributed by atoms with Gasteiger partial charge in [-0.3, -0.25) is 4.79 Å². The Bertz CT molecular complexity index is 1000. The average molecular weight is 520 g/mol. The van der Waals surface area contributed by atoms with Crippen molar-refractivity contribution in [1.82, 2.24) is 4.90 Å². The van der Waals surface area contributed by atoms with Gasteiger partial charge in [-0.1, -0.05) is 41.6 Å². The minimum absolute atomic E-state index is 0.0165. The zero-order valence-corrected chi connectivity index (χ0v) is 19.7. The molecule has 33 heavy (non-hydrogen) atoms. The summed E-state index contributed by atoms with van der Waals surface area (Å²) in [4.78, 5) is 32.3. The second-order valence-electron chi connectivity index (χ2n) is 7.53. The van der Waals surface area contributed by atoms with Crippen LogP contribution in [0.4, 0.5) is 4.79 Å². The predicted molar refractivity (Wildman–Crippen MR) is 125 cm³/mol. The maximum Gasteiger partial charge on any atom is 0.416 e. The quantitative estimate of drug-likeness (QED) is 0.520. The van der Waals surface area contributed by atoms with E-state index in [1.165, 1.54) is 13.2 Å². The third kappa shape index (κ3) is 6.93. The molecule has 9 nitrogen and oxygen atoms in total. The summed E-state index contributed by atoms with van der Waals surface area (Å²) in [5.41, 5.74) is 7.65. The molecule has 0 saturated heterocycles. The van der Waals surface area contributed by atoms with Crippen LogP contribution in [0.3, 0.4) is 0 Å². The van der Waals surface area contributed by atoms with Crippen LogP contribution in [0.2, 0.25) is 0 Å². The molecule has 0 aromatic heterocycles. The Morgan fingerprint density at radius 3 is 2.70 bits per heavy atom. The number of rotatable bonds is 9. The number of carbonyl (C=O) groups excluding carboxylic acids is 2. The Morgan fingerprint density at radius 1 is 1.27 bits per heavy atom. The van der Waals surface area contributed by atoms with Crippen LogP contribution >= 0.6 is 15.9 Å². The van der Waals surface area contributed by atoms with Crippen molar-refractivity contribution < 1.29 is 29.0 Å². The lowest BCUT2D eigenvalue weighted by atomic mass is 10.0. The van der Waals surface area contributed by atoms with Crippen LogP contribution in [-0.4, -0.2) is 52.4 Å². The molecule has 1 aliphatic heterocycles. The van der Waals surface area contributed by atoms with Crippen molar-refractivity contribution in [1.29, 1.82) is 0 Å². The monoisotopic (exact) mass is 519 g/mol. The van der Waals surface area contributed by atoms with Crippen molar-refractivity contribution >= 4 is 32.6 Å². The molecular formula is C23H26BrN3O6. The van der Waals surface area contributed by atoms with Gasteiger partial charge < -0.3 is 25.2 Å². The van der Waals surface area contributed by atoms with E-state index in [-0.39, 0.29) is 37.2 Å². The number of aromatic hydroxyl groups is 1. The van der Waals surface area contributed by atoms with E-state index in [9.17, 15) is 14.7 Å². The molecule has 2 aromatic rings. The van der Waals surface area contributed by atoms with Crippen molar-refractivity contribution in [2.75, 3.05) is 13.7 Å². The highest BCUT2D eigenvalue weighted by atomic mass is 79.9. The molecule has 3 rings (SSSR count). The van der Waals surface area contributed by atoms with Gasteiger partial charge in [-0.15, -0.1) is 0 Å². The highest BCUT2D eigenvalue weighted by Gasteiger charge is 2.30. The zero-order chi connectivity index (χ0) is 23.8. The van der Waals surface area contributed by atoms with E-state index < -0.39 is 18.0 Å². The second kappa shape index (κ2) is 11.7. The molecule has 1 aliphatic rings. The summed E-state index contributed by atoms with van der Waals surface area (Å²) in [5, 5.41) is 13.6. The Labute approximate surface area is 200 Å². The fraction of sp³-hybridized carbons (Fsp3) is 0.348. The van der Waals surface area contributed by atoms with Gasteiger partial charge in [0.2, 0.25) is 5.91 Å². The van der Waals surface area contributed by atoms with Crippen LogP contribution in [0, 0.1) is 0 Å². The smallest absolute Gasteiger partial charge is 0.416 e. The fourth-order valence-corrected chi connectivity index (χ4v) is 3.75. The number of benzene rings is 2. The maximum absolute atomic E-state index is 13.1. The topological polar surface area (TPSA) is 124 Å². The van der Waals surface area contributed by atoms with Crippen molar-refractivity contribution in [2.45, 2.75) is 38.0 Å². The number of nitrogens with two attached hydrogens (primary N) is 1. The summed E-state index contributed by atoms with van der Waals surface area (Å²) in [7, 11) is 1.43. The molecule has 0 radical (unpaired) electrons. The van der Waals surface area contributed by atoms with Gasteiger partial charge in [0.15, 0.2) is 11.5 Å². The molecule has 0 spiro atoms. The molecule has 0 bridgehead atoms. The van der Waals surface area contributed by atoms with Crippen molar-refractivity contribution in [2.24, 2.45) is 10.9 Å². The molecule has 3 N–H and O–H groups in total. The van der Waals surface area contributed by atoms with E-state index in [1.807, 2.05) is 30.3 Å². The summed E-state index contributed by atoms with van der Waals surface area (Å²) < 4.78 is 11.2. The van der Waals surface area contributed by atoms with Gasteiger partial charge in [0.25, 0.3) is 0 Å². The third-order valence-corrected chi connectivity index (χ3v) is 5.55. The van der Waals surface area contributed by atoms with Crippen LogP contribution in [0.15, 0.2) is 53.7 Å². The molecule has 2 atom stereocenters. The van der Waals surface area contributed by atoms with Crippen LogP contribution in [-0.2, 0) is 27.4 Å². The average Bonchev–Trinajstić information content (AvgIpc) is 3.24. The highest BCUT2D eigenvalue weighted by Crippen LogP contribution is 2.27. The molecule has 1 heterocycles. The number of hydrogen-bond acceptors (Lipinski definition) is 8. The largest absolute Gasteiger partial charge is 0.504 e. The van der Waals surface area contributed by atoms with E-state index in [0.29, 0.717) is 23.0 Å². The molecule has 0 fully saturated rings. The SMILES string of the molecule is COc1cc(C[C@H](N)C(=O)N(CCC2CC(Br)=NO2)C(=O)OCc2ccccc2)ccc1O. The second-order valence-corrected chi connectivity index (χ2v) is 8.45. The number of methoxy groups -OCH3 is 1. The molecular weight excluding hydrogens is 494 g/mol. The lowest BCUT2D eigenvalue weighted by molar-refractivity contribution is -0.131. The van der Waals surface area contributed by atoms with Gasteiger partial charge in [-0.25, -0.2) is 9.69 Å². The van der Waals surface area contributed by atoms with E-state index in [1.54, 1.807) is 12.1 Å². The third-order valence-electron chi connectivity index (χ3n) is 5.08. The van der Waals surface area contributed by atoms with Gasteiger partial charge in [0, 0.05) is 19.4 Å². The number of halogens is 1. The summed E-state index contributed by atoms with van der Waals surface area (Å²) in [6.45, 7) is 0.0992. The highest BCUT2D eigenvalue weighted by molar-refractivity contribution is 9.18. The van der Waals surface area contributed by atoms with Crippen LogP contribution in [0.5, 0.6) is 11.5 Å². The van der Waals surface area contributed by atoms with Gasteiger partial charge in [-0.05, 0) is 45.6 Å². The van der Waals surface area contributed by atoms with E-state index >= 15 is 0 Å².